The van der Waals surface area contributed by atoms with Gasteiger partial charge in [0.05, 0.1) is 17.6 Å². The minimum Gasteiger partial charge on any atom is -0.481 e. The molecule has 5 nitrogen and oxygen atoms in total. The van der Waals surface area contributed by atoms with E-state index in [-0.39, 0.29) is 5.92 Å². The van der Waals surface area contributed by atoms with E-state index in [0.717, 1.165) is 36.0 Å². The smallest absolute Gasteiger partial charge is 0.308 e. The molecule has 0 amide bonds. The Balaban J connectivity index is 1.94. The molecular weight excluding hydrogens is 230 g/mol. The molecule has 5 heteroatoms. The SMILES string of the molecule is O=C(O)C1CCCN(c2cccc3[nH]ncc23)C1. The summed E-state index contributed by atoms with van der Waals surface area (Å²) in [5, 5.41) is 17.2. The predicted molar refractivity (Wildman–Crippen MR) is 68.7 cm³/mol. The summed E-state index contributed by atoms with van der Waals surface area (Å²) in [6.07, 6.45) is 3.49. The number of rotatable bonds is 2. The summed E-state index contributed by atoms with van der Waals surface area (Å²) in [7, 11) is 0. The maximum Gasteiger partial charge on any atom is 0.308 e. The number of carbonyl (C=O) groups is 1. The first kappa shape index (κ1) is 11.1. The number of carboxylic acids is 1. The first-order valence-electron chi connectivity index (χ1n) is 6.15. The second-order valence-corrected chi connectivity index (χ2v) is 4.73. The molecule has 0 radical (unpaired) electrons. The van der Waals surface area contributed by atoms with Gasteiger partial charge in [0, 0.05) is 24.2 Å². The van der Waals surface area contributed by atoms with Crippen molar-refractivity contribution >= 4 is 22.6 Å². The number of nitrogens with zero attached hydrogens (tertiary/aromatic N) is 2. The molecule has 1 aliphatic heterocycles. The number of piperidine rings is 1. The van der Waals surface area contributed by atoms with Crippen molar-refractivity contribution in [1.29, 1.82) is 0 Å². The average molecular weight is 245 g/mol. The van der Waals surface area contributed by atoms with Gasteiger partial charge >= 0.3 is 5.97 Å². The molecule has 0 aliphatic carbocycles. The van der Waals surface area contributed by atoms with Crippen LogP contribution in [0, 0.1) is 5.92 Å². The minimum absolute atomic E-state index is 0.263. The van der Waals surface area contributed by atoms with Crippen LogP contribution in [0.2, 0.25) is 0 Å². The molecule has 0 saturated carbocycles. The van der Waals surface area contributed by atoms with Crippen molar-refractivity contribution in [2.24, 2.45) is 5.92 Å². The molecule has 0 bridgehead atoms. The molecule has 1 aromatic heterocycles. The van der Waals surface area contributed by atoms with Gasteiger partial charge in [0.2, 0.25) is 0 Å². The summed E-state index contributed by atoms with van der Waals surface area (Å²) < 4.78 is 0. The number of hydrogen-bond donors (Lipinski definition) is 2. The zero-order chi connectivity index (χ0) is 12.5. The fraction of sp³-hybridized carbons (Fsp3) is 0.385. The molecule has 94 valence electrons. The topological polar surface area (TPSA) is 69.2 Å². The van der Waals surface area contributed by atoms with Crippen LogP contribution in [0.1, 0.15) is 12.8 Å². The Labute approximate surface area is 104 Å². The Morgan fingerprint density at radius 3 is 3.22 bits per heavy atom. The highest BCUT2D eigenvalue weighted by atomic mass is 16.4. The third kappa shape index (κ3) is 1.81. The van der Waals surface area contributed by atoms with Gasteiger partial charge in [-0.25, -0.2) is 0 Å². The first-order valence-corrected chi connectivity index (χ1v) is 6.15. The van der Waals surface area contributed by atoms with Gasteiger partial charge in [-0.05, 0) is 25.0 Å². The largest absolute Gasteiger partial charge is 0.481 e. The third-order valence-corrected chi connectivity index (χ3v) is 3.57. The number of aromatic nitrogens is 2. The van der Waals surface area contributed by atoms with Crippen LogP contribution in [0.15, 0.2) is 24.4 Å². The van der Waals surface area contributed by atoms with Crippen LogP contribution in [-0.2, 0) is 4.79 Å². The number of nitrogens with one attached hydrogen (secondary N) is 1. The van der Waals surface area contributed by atoms with Crippen LogP contribution < -0.4 is 4.90 Å². The average Bonchev–Trinajstić information content (AvgIpc) is 2.87. The summed E-state index contributed by atoms with van der Waals surface area (Å²) >= 11 is 0. The number of fused-ring (bicyclic) bond motifs is 1. The summed E-state index contributed by atoms with van der Waals surface area (Å²) in [5.74, 6) is -0.958. The van der Waals surface area contributed by atoms with Gasteiger partial charge in [-0.2, -0.15) is 5.10 Å². The second kappa shape index (κ2) is 4.33. The Hall–Kier alpha value is -2.04. The molecule has 1 saturated heterocycles. The van der Waals surface area contributed by atoms with E-state index in [1.807, 2.05) is 18.2 Å². The van der Waals surface area contributed by atoms with E-state index in [4.69, 9.17) is 5.11 Å². The fourth-order valence-corrected chi connectivity index (χ4v) is 2.63. The highest BCUT2D eigenvalue weighted by Gasteiger charge is 2.26. The van der Waals surface area contributed by atoms with Gasteiger partial charge in [0.1, 0.15) is 0 Å². The first-order chi connectivity index (χ1) is 8.75. The Kier molecular flexibility index (Phi) is 2.66. The highest BCUT2D eigenvalue weighted by Crippen LogP contribution is 2.29. The number of benzene rings is 1. The van der Waals surface area contributed by atoms with Crippen molar-refractivity contribution in [2.75, 3.05) is 18.0 Å². The second-order valence-electron chi connectivity index (χ2n) is 4.73. The van der Waals surface area contributed by atoms with Crippen LogP contribution >= 0.6 is 0 Å². The van der Waals surface area contributed by atoms with Crippen molar-refractivity contribution in [3.05, 3.63) is 24.4 Å². The number of carboxylic acid groups (broad SMARTS) is 1. The van der Waals surface area contributed by atoms with Gasteiger partial charge in [-0.1, -0.05) is 6.07 Å². The van der Waals surface area contributed by atoms with Gasteiger partial charge < -0.3 is 10.0 Å². The molecular formula is C13H15N3O2. The van der Waals surface area contributed by atoms with Crippen molar-refractivity contribution < 1.29 is 9.90 Å². The van der Waals surface area contributed by atoms with Crippen molar-refractivity contribution in [3.63, 3.8) is 0 Å². The maximum absolute atomic E-state index is 11.1. The quantitative estimate of drug-likeness (QED) is 0.847. The highest BCUT2D eigenvalue weighted by molar-refractivity contribution is 5.91. The van der Waals surface area contributed by atoms with Gasteiger partial charge in [0.15, 0.2) is 0 Å². The van der Waals surface area contributed by atoms with Gasteiger partial charge in [0.25, 0.3) is 0 Å². The number of hydrogen-bond acceptors (Lipinski definition) is 3. The van der Waals surface area contributed by atoms with Gasteiger partial charge in [-0.3, -0.25) is 9.89 Å². The lowest BCUT2D eigenvalue weighted by Crippen LogP contribution is -2.38. The number of aromatic amines is 1. The normalized spacial score (nSPS) is 20.2. The monoisotopic (exact) mass is 245 g/mol. The standard InChI is InChI=1S/C13H15N3O2/c17-13(18)9-3-2-6-16(8-9)12-5-1-4-11-10(12)7-14-15-11/h1,4-5,7,9H,2-3,6,8H2,(H,14,15)(H,17,18). The van der Waals surface area contributed by atoms with Crippen LogP contribution in [0.3, 0.4) is 0 Å². The molecule has 2 aromatic rings. The summed E-state index contributed by atoms with van der Waals surface area (Å²) in [6.45, 7) is 1.49. The molecule has 2 N–H and O–H groups in total. The zero-order valence-electron chi connectivity index (χ0n) is 9.97. The van der Waals surface area contributed by atoms with E-state index in [1.54, 1.807) is 6.20 Å². The Bertz CT molecular complexity index is 578. The summed E-state index contributed by atoms with van der Waals surface area (Å²) in [4.78, 5) is 13.3. The minimum atomic E-state index is -0.695. The summed E-state index contributed by atoms with van der Waals surface area (Å²) in [5.41, 5.74) is 2.07. The lowest BCUT2D eigenvalue weighted by molar-refractivity contribution is -0.141. The van der Waals surface area contributed by atoms with E-state index < -0.39 is 5.97 Å². The van der Waals surface area contributed by atoms with E-state index in [2.05, 4.69) is 15.1 Å². The van der Waals surface area contributed by atoms with E-state index in [1.165, 1.54) is 0 Å². The van der Waals surface area contributed by atoms with E-state index in [9.17, 15) is 4.79 Å². The van der Waals surface area contributed by atoms with Crippen LogP contribution in [0.25, 0.3) is 10.9 Å². The van der Waals surface area contributed by atoms with Gasteiger partial charge in [-0.15, -0.1) is 0 Å². The number of aliphatic carboxylic acids is 1. The molecule has 3 rings (SSSR count). The third-order valence-electron chi connectivity index (χ3n) is 3.57. The molecule has 1 aliphatic rings. The molecule has 0 spiro atoms. The summed E-state index contributed by atoms with van der Waals surface area (Å²) in [6, 6.07) is 5.98. The zero-order valence-corrected chi connectivity index (χ0v) is 9.97. The number of anilines is 1. The van der Waals surface area contributed by atoms with Crippen molar-refractivity contribution in [2.45, 2.75) is 12.8 Å². The van der Waals surface area contributed by atoms with Crippen LogP contribution in [0.5, 0.6) is 0 Å². The lowest BCUT2D eigenvalue weighted by Gasteiger charge is -2.32. The lowest BCUT2D eigenvalue weighted by atomic mass is 9.97. The molecule has 1 atom stereocenters. The molecule has 2 heterocycles. The van der Waals surface area contributed by atoms with Crippen LogP contribution in [-0.4, -0.2) is 34.4 Å². The maximum atomic E-state index is 11.1. The van der Waals surface area contributed by atoms with Crippen molar-refractivity contribution in [3.8, 4) is 0 Å². The Morgan fingerprint density at radius 1 is 1.50 bits per heavy atom. The van der Waals surface area contributed by atoms with E-state index >= 15 is 0 Å². The van der Waals surface area contributed by atoms with Crippen molar-refractivity contribution in [1.82, 2.24) is 10.2 Å². The molecule has 1 aromatic carbocycles. The Morgan fingerprint density at radius 2 is 2.39 bits per heavy atom. The molecule has 18 heavy (non-hydrogen) atoms. The van der Waals surface area contributed by atoms with Crippen LogP contribution in [0.4, 0.5) is 5.69 Å². The molecule has 1 fully saturated rings. The number of H-pyrrole nitrogens is 1. The predicted octanol–water partition coefficient (Wildman–Crippen LogP) is 1.86. The molecule has 1 unspecified atom stereocenters. The van der Waals surface area contributed by atoms with E-state index in [0.29, 0.717) is 6.54 Å². The fourth-order valence-electron chi connectivity index (χ4n) is 2.63.